The molecule has 1 unspecified atom stereocenters. The number of benzene rings is 1. The van der Waals surface area contributed by atoms with Crippen molar-refractivity contribution in [1.82, 2.24) is 9.97 Å². The van der Waals surface area contributed by atoms with Crippen molar-refractivity contribution in [3.63, 3.8) is 0 Å². The van der Waals surface area contributed by atoms with Gasteiger partial charge in [0.15, 0.2) is 0 Å². The minimum atomic E-state index is -0.247. The molecule has 110 valence electrons. The number of H-pyrrole nitrogens is 1. The van der Waals surface area contributed by atoms with Crippen molar-refractivity contribution in [2.75, 3.05) is 6.61 Å². The maximum atomic E-state index is 12.1. The Bertz CT molecular complexity index is 709. The average molecular weight is 286 g/mol. The lowest BCUT2D eigenvalue weighted by atomic mass is 9.92. The molecular weight excluding hydrogens is 268 g/mol. The van der Waals surface area contributed by atoms with E-state index in [1.807, 2.05) is 31.2 Å². The largest absolute Gasteiger partial charge is 0.493 e. The van der Waals surface area contributed by atoms with Crippen LogP contribution in [0.1, 0.15) is 42.6 Å². The summed E-state index contributed by atoms with van der Waals surface area (Å²) in [5.41, 5.74) is 1.11. The van der Waals surface area contributed by atoms with E-state index in [1.54, 1.807) is 0 Å². The van der Waals surface area contributed by atoms with Gasteiger partial charge in [0.2, 0.25) is 5.88 Å². The molecule has 0 saturated heterocycles. The van der Waals surface area contributed by atoms with Crippen LogP contribution in [-0.2, 0) is 6.42 Å². The lowest BCUT2D eigenvalue weighted by molar-refractivity contribution is 0.273. The van der Waals surface area contributed by atoms with Crippen molar-refractivity contribution in [3.8, 4) is 11.6 Å². The summed E-state index contributed by atoms with van der Waals surface area (Å²) in [5.74, 6) is 1.12. The van der Waals surface area contributed by atoms with E-state index < -0.39 is 0 Å². The van der Waals surface area contributed by atoms with E-state index in [-0.39, 0.29) is 17.4 Å². The van der Waals surface area contributed by atoms with Crippen LogP contribution in [0.25, 0.3) is 0 Å². The molecule has 0 radical (unpaired) electrons. The van der Waals surface area contributed by atoms with Gasteiger partial charge in [-0.25, -0.2) is 0 Å². The number of aromatic nitrogens is 2. The first kappa shape index (κ1) is 13.7. The number of nitrogens with zero attached hydrogens (tertiary/aromatic N) is 1. The van der Waals surface area contributed by atoms with Crippen LogP contribution in [-0.4, -0.2) is 21.7 Å². The van der Waals surface area contributed by atoms with Gasteiger partial charge in [-0.05, 0) is 18.9 Å². The van der Waals surface area contributed by atoms with Gasteiger partial charge in [-0.2, -0.15) is 4.98 Å². The van der Waals surface area contributed by atoms with Crippen LogP contribution in [0.15, 0.2) is 29.1 Å². The lowest BCUT2D eigenvalue weighted by Gasteiger charge is -2.25. The van der Waals surface area contributed by atoms with Gasteiger partial charge in [0.25, 0.3) is 5.56 Å². The van der Waals surface area contributed by atoms with Crippen LogP contribution >= 0.6 is 0 Å². The monoisotopic (exact) mass is 286 g/mol. The molecule has 0 fully saturated rings. The zero-order valence-corrected chi connectivity index (χ0v) is 11.9. The fraction of sp³-hybridized carbons (Fsp3) is 0.375. The molecule has 3 rings (SSSR count). The molecule has 21 heavy (non-hydrogen) atoms. The number of para-hydroxylation sites is 1. The molecule has 0 bridgehead atoms. The summed E-state index contributed by atoms with van der Waals surface area (Å²) in [5, 5.41) is 10.0. The number of hydrogen-bond donors (Lipinski definition) is 2. The van der Waals surface area contributed by atoms with Gasteiger partial charge < -0.3 is 14.8 Å². The molecule has 0 amide bonds. The summed E-state index contributed by atoms with van der Waals surface area (Å²) in [4.78, 5) is 19.2. The van der Waals surface area contributed by atoms with Gasteiger partial charge in [-0.3, -0.25) is 4.79 Å². The molecule has 5 heteroatoms. The first-order valence-corrected chi connectivity index (χ1v) is 7.24. The molecule has 1 aromatic heterocycles. The Morgan fingerprint density at radius 1 is 1.43 bits per heavy atom. The fourth-order valence-electron chi connectivity index (χ4n) is 2.77. The second-order valence-electron chi connectivity index (χ2n) is 5.23. The second-order valence-corrected chi connectivity index (χ2v) is 5.23. The van der Waals surface area contributed by atoms with Crippen molar-refractivity contribution in [2.24, 2.45) is 0 Å². The van der Waals surface area contributed by atoms with Crippen LogP contribution in [0, 0.1) is 0 Å². The molecule has 1 aromatic carbocycles. The topological polar surface area (TPSA) is 75.2 Å². The van der Waals surface area contributed by atoms with Gasteiger partial charge >= 0.3 is 0 Å². The van der Waals surface area contributed by atoms with E-state index in [1.165, 1.54) is 0 Å². The Balaban J connectivity index is 2.05. The van der Waals surface area contributed by atoms with Crippen LogP contribution in [0.3, 0.4) is 0 Å². The Hall–Kier alpha value is -2.30. The zero-order valence-electron chi connectivity index (χ0n) is 11.9. The number of aromatic hydroxyl groups is 1. The van der Waals surface area contributed by atoms with Crippen LogP contribution < -0.4 is 10.3 Å². The van der Waals surface area contributed by atoms with E-state index in [4.69, 9.17) is 4.74 Å². The zero-order chi connectivity index (χ0) is 14.8. The first-order chi connectivity index (χ1) is 10.2. The van der Waals surface area contributed by atoms with Gasteiger partial charge in [0.1, 0.15) is 11.6 Å². The third kappa shape index (κ3) is 2.51. The number of aromatic amines is 1. The molecule has 0 aliphatic carbocycles. The standard InChI is InChI=1S/C16H18N2O3/c1-2-5-12-15(19)17-14(18-16(12)20)11-8-9-21-13-7-4-3-6-10(11)13/h3-4,6-7,11H,2,5,8-9H2,1H3,(H2,17,18,19,20). The number of rotatable bonds is 3. The lowest BCUT2D eigenvalue weighted by Crippen LogP contribution is -2.22. The third-order valence-corrected chi connectivity index (χ3v) is 3.80. The number of hydrogen-bond acceptors (Lipinski definition) is 4. The van der Waals surface area contributed by atoms with Crippen molar-refractivity contribution < 1.29 is 9.84 Å². The average Bonchev–Trinajstić information content (AvgIpc) is 2.50. The molecule has 2 heterocycles. The Morgan fingerprint density at radius 2 is 2.24 bits per heavy atom. The molecule has 2 N–H and O–H groups in total. The highest BCUT2D eigenvalue weighted by atomic mass is 16.5. The van der Waals surface area contributed by atoms with Crippen LogP contribution in [0.2, 0.25) is 0 Å². The number of fused-ring (bicyclic) bond motifs is 1. The molecule has 2 aromatic rings. The summed E-state index contributed by atoms with van der Waals surface area (Å²) >= 11 is 0. The number of ether oxygens (including phenoxy) is 1. The van der Waals surface area contributed by atoms with Gasteiger partial charge in [0.05, 0.1) is 12.2 Å². The van der Waals surface area contributed by atoms with Crippen molar-refractivity contribution in [2.45, 2.75) is 32.1 Å². The molecule has 1 atom stereocenters. The normalized spacial score (nSPS) is 17.1. The minimum Gasteiger partial charge on any atom is -0.493 e. The smallest absolute Gasteiger partial charge is 0.257 e. The van der Waals surface area contributed by atoms with E-state index >= 15 is 0 Å². The second kappa shape index (κ2) is 5.60. The highest BCUT2D eigenvalue weighted by Crippen LogP contribution is 2.36. The highest BCUT2D eigenvalue weighted by molar-refractivity contribution is 5.41. The molecule has 1 aliphatic rings. The minimum absolute atomic E-state index is 0.0516. The molecule has 5 nitrogen and oxygen atoms in total. The Kier molecular flexibility index (Phi) is 3.64. The quantitative estimate of drug-likeness (QED) is 0.908. The van der Waals surface area contributed by atoms with Gasteiger partial charge in [0, 0.05) is 11.5 Å². The van der Waals surface area contributed by atoms with Gasteiger partial charge in [-0.1, -0.05) is 31.5 Å². The fourth-order valence-corrected chi connectivity index (χ4v) is 2.77. The van der Waals surface area contributed by atoms with Crippen molar-refractivity contribution in [3.05, 3.63) is 51.6 Å². The summed E-state index contributed by atoms with van der Waals surface area (Å²) < 4.78 is 5.62. The summed E-state index contributed by atoms with van der Waals surface area (Å²) in [6, 6.07) is 7.73. The summed E-state index contributed by atoms with van der Waals surface area (Å²) in [6.45, 7) is 2.53. The van der Waals surface area contributed by atoms with Gasteiger partial charge in [-0.15, -0.1) is 0 Å². The Labute approximate surface area is 122 Å². The molecule has 0 spiro atoms. The van der Waals surface area contributed by atoms with E-state index in [2.05, 4.69) is 9.97 Å². The van der Waals surface area contributed by atoms with E-state index in [9.17, 15) is 9.90 Å². The molecule has 0 saturated carbocycles. The maximum absolute atomic E-state index is 12.1. The maximum Gasteiger partial charge on any atom is 0.257 e. The van der Waals surface area contributed by atoms with Crippen LogP contribution in [0.5, 0.6) is 11.6 Å². The first-order valence-electron chi connectivity index (χ1n) is 7.24. The molecular formula is C16H18N2O3. The van der Waals surface area contributed by atoms with Crippen molar-refractivity contribution in [1.29, 1.82) is 0 Å². The highest BCUT2D eigenvalue weighted by Gasteiger charge is 2.25. The van der Waals surface area contributed by atoms with E-state index in [0.29, 0.717) is 24.4 Å². The van der Waals surface area contributed by atoms with E-state index in [0.717, 1.165) is 24.2 Å². The summed E-state index contributed by atoms with van der Waals surface area (Å²) in [6.07, 6.45) is 2.04. The Morgan fingerprint density at radius 3 is 3.00 bits per heavy atom. The third-order valence-electron chi connectivity index (χ3n) is 3.80. The number of nitrogens with one attached hydrogen (secondary N) is 1. The predicted molar refractivity (Wildman–Crippen MR) is 78.9 cm³/mol. The van der Waals surface area contributed by atoms with Crippen LogP contribution in [0.4, 0.5) is 0 Å². The summed E-state index contributed by atoms with van der Waals surface area (Å²) in [7, 11) is 0. The molecule has 1 aliphatic heterocycles. The SMILES string of the molecule is CCCc1c(O)nc(C2CCOc3ccccc32)[nH]c1=O. The predicted octanol–water partition coefficient (Wildman–Crippen LogP) is 2.34. The van der Waals surface area contributed by atoms with Crippen molar-refractivity contribution >= 4 is 0 Å².